The first kappa shape index (κ1) is 31.4. The molecule has 41 heavy (non-hydrogen) atoms. The number of nitrogens with one attached hydrogen (secondary N) is 1. The minimum Gasteiger partial charge on any atom is -0.480 e. The molecule has 1 aliphatic heterocycles. The molecule has 0 saturated carbocycles. The van der Waals surface area contributed by atoms with E-state index in [-0.39, 0.29) is 41.3 Å². The Hall–Kier alpha value is -4.10. The van der Waals surface area contributed by atoms with Gasteiger partial charge in [0.2, 0.25) is 5.91 Å². The van der Waals surface area contributed by atoms with E-state index in [9.17, 15) is 37.5 Å². The standard InChI is InChI=1S/C27H27F3N4O6.ClH/c1-26(2,22(24(37)38)33(3)21(35)12-31)20-13-34(25(39)40-20)15-9-8-14-10-19(32-23(36)17(14)11-15)16-6-4-5-7-18(16)27(28,29)30;/h4-11,20,22H,12-13,31H2,1-3H3,(H,32,36)(H,37,38);1H/t20-,22?;/m1./s1. The van der Waals surface area contributed by atoms with E-state index in [1.165, 1.54) is 54.4 Å². The van der Waals surface area contributed by atoms with Crippen molar-refractivity contribution in [1.29, 1.82) is 0 Å². The lowest BCUT2D eigenvalue weighted by atomic mass is 9.78. The van der Waals surface area contributed by atoms with Crippen molar-refractivity contribution in [3.8, 4) is 11.3 Å². The van der Waals surface area contributed by atoms with E-state index < -0.39 is 59.4 Å². The van der Waals surface area contributed by atoms with Crippen molar-refractivity contribution >= 4 is 46.8 Å². The van der Waals surface area contributed by atoms with Gasteiger partial charge >= 0.3 is 18.2 Å². The van der Waals surface area contributed by atoms with E-state index in [4.69, 9.17) is 10.5 Å². The molecule has 1 saturated heterocycles. The van der Waals surface area contributed by atoms with Crippen LogP contribution in [0.4, 0.5) is 23.7 Å². The van der Waals surface area contributed by atoms with Crippen LogP contribution < -0.4 is 16.2 Å². The number of aromatic amines is 1. The highest BCUT2D eigenvalue weighted by Gasteiger charge is 2.51. The third-order valence-electron chi connectivity index (χ3n) is 7.20. The van der Waals surface area contributed by atoms with Crippen molar-refractivity contribution in [1.82, 2.24) is 9.88 Å². The quantitative estimate of drug-likeness (QED) is 0.375. The van der Waals surface area contributed by atoms with Gasteiger partial charge in [-0.05, 0) is 29.7 Å². The lowest BCUT2D eigenvalue weighted by molar-refractivity contribution is -0.156. The van der Waals surface area contributed by atoms with Gasteiger partial charge in [-0.1, -0.05) is 38.1 Å². The summed E-state index contributed by atoms with van der Waals surface area (Å²) in [6, 6.07) is 9.36. The van der Waals surface area contributed by atoms with Gasteiger partial charge in [-0.15, -0.1) is 12.4 Å². The monoisotopic (exact) mass is 596 g/mol. The Bertz CT molecular complexity index is 1560. The minimum absolute atomic E-state index is 0. The molecule has 0 radical (unpaired) electrons. The molecule has 0 aliphatic carbocycles. The summed E-state index contributed by atoms with van der Waals surface area (Å²) in [5.74, 6) is -1.91. The highest BCUT2D eigenvalue weighted by atomic mass is 35.5. The van der Waals surface area contributed by atoms with Crippen LogP contribution >= 0.6 is 12.4 Å². The number of carboxylic acid groups (broad SMARTS) is 1. The zero-order valence-corrected chi connectivity index (χ0v) is 23.0. The van der Waals surface area contributed by atoms with Crippen LogP contribution in [0.15, 0.2) is 53.3 Å². The molecular weight excluding hydrogens is 569 g/mol. The number of nitrogens with two attached hydrogens (primary N) is 1. The molecule has 14 heteroatoms. The zero-order valence-electron chi connectivity index (χ0n) is 22.2. The smallest absolute Gasteiger partial charge is 0.417 e. The highest BCUT2D eigenvalue weighted by Crippen LogP contribution is 2.38. The number of anilines is 1. The topological polar surface area (TPSA) is 146 Å². The second-order valence-electron chi connectivity index (χ2n) is 10.1. The number of fused-ring (bicyclic) bond motifs is 1. The van der Waals surface area contributed by atoms with Gasteiger partial charge in [0.15, 0.2) is 0 Å². The number of hydrogen-bond acceptors (Lipinski definition) is 6. The molecule has 3 aromatic rings. The van der Waals surface area contributed by atoms with Crippen molar-refractivity contribution in [2.45, 2.75) is 32.2 Å². The first-order valence-corrected chi connectivity index (χ1v) is 12.2. The number of pyridine rings is 1. The molecule has 2 amide bonds. The summed E-state index contributed by atoms with van der Waals surface area (Å²) in [5.41, 5.74) is 2.66. The average Bonchev–Trinajstić information content (AvgIpc) is 3.29. The van der Waals surface area contributed by atoms with Crippen LogP contribution in [0.5, 0.6) is 0 Å². The van der Waals surface area contributed by atoms with Gasteiger partial charge < -0.3 is 25.5 Å². The molecule has 4 N–H and O–H groups in total. The van der Waals surface area contributed by atoms with Crippen molar-refractivity contribution in [3.63, 3.8) is 0 Å². The maximum atomic E-state index is 13.5. The number of aliphatic carboxylic acids is 1. The van der Waals surface area contributed by atoms with Gasteiger partial charge in [0, 0.05) is 34.8 Å². The Morgan fingerprint density at radius 2 is 1.83 bits per heavy atom. The fourth-order valence-electron chi connectivity index (χ4n) is 5.03. The average molecular weight is 597 g/mol. The molecule has 220 valence electrons. The minimum atomic E-state index is -4.63. The van der Waals surface area contributed by atoms with E-state index in [2.05, 4.69) is 4.98 Å². The second kappa shape index (κ2) is 11.4. The number of nitrogens with zero attached hydrogens (tertiary/aromatic N) is 2. The predicted molar refractivity (Wildman–Crippen MR) is 147 cm³/mol. The normalized spacial score (nSPS) is 16.2. The van der Waals surface area contributed by atoms with Crippen LogP contribution in [0.25, 0.3) is 22.0 Å². The van der Waals surface area contributed by atoms with Gasteiger partial charge in [-0.2, -0.15) is 13.2 Å². The van der Waals surface area contributed by atoms with Crippen molar-refractivity contribution < 1.29 is 37.4 Å². The summed E-state index contributed by atoms with van der Waals surface area (Å²) in [6.45, 7) is 2.63. The molecule has 2 atom stereocenters. The maximum Gasteiger partial charge on any atom is 0.417 e. The summed E-state index contributed by atoms with van der Waals surface area (Å²) in [6.07, 6.45) is -6.37. The molecule has 2 heterocycles. The number of benzene rings is 2. The summed E-state index contributed by atoms with van der Waals surface area (Å²) >= 11 is 0. The molecule has 1 fully saturated rings. The number of ether oxygens (including phenoxy) is 1. The van der Waals surface area contributed by atoms with Gasteiger partial charge in [-0.25, -0.2) is 9.59 Å². The zero-order chi connectivity index (χ0) is 29.6. The largest absolute Gasteiger partial charge is 0.480 e. The molecule has 1 aromatic heterocycles. The van der Waals surface area contributed by atoms with Crippen molar-refractivity contribution in [2.24, 2.45) is 11.1 Å². The Kier molecular flexibility index (Phi) is 8.75. The lowest BCUT2D eigenvalue weighted by Crippen LogP contribution is -2.57. The van der Waals surface area contributed by atoms with Crippen LogP contribution in [-0.2, 0) is 20.5 Å². The second-order valence-corrected chi connectivity index (χ2v) is 10.1. The number of H-pyrrole nitrogens is 1. The maximum absolute atomic E-state index is 13.5. The lowest BCUT2D eigenvalue weighted by Gasteiger charge is -2.39. The first-order chi connectivity index (χ1) is 18.7. The van der Waals surface area contributed by atoms with Gasteiger partial charge in [-0.3, -0.25) is 14.5 Å². The van der Waals surface area contributed by atoms with E-state index in [1.54, 1.807) is 13.8 Å². The molecule has 0 spiro atoms. The van der Waals surface area contributed by atoms with E-state index in [0.717, 1.165) is 11.0 Å². The third kappa shape index (κ3) is 5.86. The number of hydrogen-bond donors (Lipinski definition) is 3. The highest BCUT2D eigenvalue weighted by molar-refractivity contribution is 5.95. The van der Waals surface area contributed by atoms with E-state index in [1.807, 2.05) is 0 Å². The van der Waals surface area contributed by atoms with Gasteiger partial charge in [0.25, 0.3) is 5.56 Å². The Morgan fingerprint density at radius 3 is 2.44 bits per heavy atom. The molecule has 1 aliphatic rings. The van der Waals surface area contributed by atoms with Crippen LogP contribution in [-0.4, -0.2) is 65.2 Å². The van der Waals surface area contributed by atoms with Gasteiger partial charge in [0.1, 0.15) is 12.1 Å². The van der Waals surface area contributed by atoms with E-state index >= 15 is 0 Å². The number of cyclic esters (lactones) is 1. The van der Waals surface area contributed by atoms with Crippen molar-refractivity contribution in [2.75, 3.05) is 25.0 Å². The van der Waals surface area contributed by atoms with Crippen molar-refractivity contribution in [3.05, 3.63) is 64.4 Å². The molecular formula is C27H28ClF3N4O6. The summed E-state index contributed by atoms with van der Waals surface area (Å²) in [7, 11) is 1.31. The molecule has 2 aromatic carbocycles. The van der Waals surface area contributed by atoms with Crippen LogP contribution in [0, 0.1) is 5.41 Å². The Morgan fingerprint density at radius 1 is 1.17 bits per heavy atom. The molecule has 10 nitrogen and oxygen atoms in total. The van der Waals surface area contributed by atoms with Crippen LogP contribution in [0.3, 0.4) is 0 Å². The van der Waals surface area contributed by atoms with Crippen LogP contribution in [0.2, 0.25) is 0 Å². The molecule has 4 rings (SSSR count). The van der Waals surface area contributed by atoms with E-state index in [0.29, 0.717) is 5.39 Å². The number of aromatic nitrogens is 1. The SMILES string of the molecule is CN(C(=O)CN)C(C(=O)O)C(C)(C)[C@H]1CN(c2ccc3cc(-c4ccccc4C(F)(F)F)[nH]c(=O)c3c2)C(=O)O1.Cl. The fourth-order valence-corrected chi connectivity index (χ4v) is 5.03. The molecule has 0 bridgehead atoms. The summed E-state index contributed by atoms with van der Waals surface area (Å²) in [5, 5.41) is 10.3. The number of carbonyl (C=O) groups is 3. The Balaban J connectivity index is 0.00000462. The Labute approximate surface area is 238 Å². The number of halogens is 4. The number of alkyl halides is 3. The summed E-state index contributed by atoms with van der Waals surface area (Å²) < 4.78 is 46.1. The molecule has 1 unspecified atom stereocenters. The number of likely N-dealkylation sites (N-methyl/N-ethyl adjacent to an activating group) is 1. The number of amides is 2. The third-order valence-corrected chi connectivity index (χ3v) is 7.20. The first-order valence-electron chi connectivity index (χ1n) is 12.2. The van der Waals surface area contributed by atoms with Crippen LogP contribution in [0.1, 0.15) is 19.4 Å². The summed E-state index contributed by atoms with van der Waals surface area (Å²) in [4.78, 5) is 54.8. The fraction of sp³-hybridized carbons (Fsp3) is 0.333. The number of carbonyl (C=O) groups excluding carboxylic acids is 2. The number of rotatable bonds is 7. The number of carboxylic acids is 1. The van der Waals surface area contributed by atoms with Gasteiger partial charge in [0.05, 0.1) is 18.7 Å². The predicted octanol–water partition coefficient (Wildman–Crippen LogP) is 3.86.